The van der Waals surface area contributed by atoms with Gasteiger partial charge in [0.15, 0.2) is 0 Å². The third-order valence-electron chi connectivity index (χ3n) is 6.71. The highest BCUT2D eigenvalue weighted by atomic mass is 19.1. The fraction of sp³-hybridized carbons (Fsp3) is 0.355. The van der Waals surface area contributed by atoms with E-state index in [1.165, 1.54) is 51.5 Å². The Morgan fingerprint density at radius 1 is 0.833 bits per heavy atom. The maximum absolute atomic E-state index is 15.1. The third kappa shape index (κ3) is 7.59. The number of carbonyl (C=O) groups is 2. The smallest absolute Gasteiger partial charge is 0.318 e. The highest BCUT2D eigenvalue weighted by molar-refractivity contribution is 5.78. The van der Waals surface area contributed by atoms with E-state index < -0.39 is 36.5 Å². The van der Waals surface area contributed by atoms with Gasteiger partial charge >= 0.3 is 12.0 Å². The zero-order valence-corrected chi connectivity index (χ0v) is 24.4. The summed E-state index contributed by atoms with van der Waals surface area (Å²) in [5.74, 6) is 0.430. The van der Waals surface area contributed by atoms with Crippen LogP contribution in [0, 0.1) is 5.82 Å². The minimum absolute atomic E-state index is 0.00672. The Hall–Kier alpha value is -4.54. The molecule has 0 fully saturated rings. The SMILES string of the molecule is CCOC(=O)C[C@](CF)(NC(=O)N(Cc1ccc(OC)cc1OC)Cc1ccc(OC)cc1OC)c1ccccc1F. The molecule has 0 spiro atoms. The number of benzene rings is 3. The molecule has 0 saturated carbocycles. The fourth-order valence-corrected chi connectivity index (χ4v) is 4.53. The molecule has 1 atom stereocenters. The monoisotopic (exact) mass is 586 g/mol. The molecule has 2 amide bonds. The summed E-state index contributed by atoms with van der Waals surface area (Å²) in [6.07, 6.45) is -0.629. The molecule has 0 unspecified atom stereocenters. The molecule has 3 aromatic rings. The van der Waals surface area contributed by atoms with Gasteiger partial charge in [0.2, 0.25) is 0 Å². The summed E-state index contributed by atoms with van der Waals surface area (Å²) in [6.45, 7) is 0.348. The van der Waals surface area contributed by atoms with Crippen LogP contribution in [0.1, 0.15) is 30.0 Å². The van der Waals surface area contributed by atoms with Gasteiger partial charge in [-0.3, -0.25) is 4.79 Å². The fourth-order valence-electron chi connectivity index (χ4n) is 4.53. The lowest BCUT2D eigenvalue weighted by molar-refractivity contribution is -0.145. The zero-order valence-electron chi connectivity index (χ0n) is 24.4. The molecule has 0 aliphatic rings. The zero-order chi connectivity index (χ0) is 30.7. The largest absolute Gasteiger partial charge is 0.497 e. The predicted octanol–water partition coefficient (Wildman–Crippen LogP) is 5.39. The van der Waals surface area contributed by atoms with Crippen LogP contribution in [0.4, 0.5) is 13.6 Å². The van der Waals surface area contributed by atoms with Crippen molar-refractivity contribution in [3.63, 3.8) is 0 Å². The molecule has 1 N–H and O–H groups in total. The van der Waals surface area contributed by atoms with Crippen molar-refractivity contribution < 1.29 is 42.1 Å². The first-order valence-electron chi connectivity index (χ1n) is 13.2. The molecule has 9 nitrogen and oxygen atoms in total. The van der Waals surface area contributed by atoms with Crippen LogP contribution in [-0.2, 0) is 28.2 Å². The van der Waals surface area contributed by atoms with Crippen molar-refractivity contribution in [3.8, 4) is 23.0 Å². The van der Waals surface area contributed by atoms with Crippen LogP contribution in [0.2, 0.25) is 0 Å². The Kier molecular flexibility index (Phi) is 11.3. The number of rotatable bonds is 14. The second-order valence-electron chi connectivity index (χ2n) is 9.32. The van der Waals surface area contributed by atoms with Crippen molar-refractivity contribution in [1.29, 1.82) is 0 Å². The topological polar surface area (TPSA) is 95.6 Å². The number of nitrogens with one attached hydrogen (secondary N) is 1. The van der Waals surface area contributed by atoms with Gasteiger partial charge in [0, 0.05) is 28.8 Å². The molecule has 42 heavy (non-hydrogen) atoms. The average Bonchev–Trinajstić information content (AvgIpc) is 3.00. The second-order valence-corrected chi connectivity index (χ2v) is 9.32. The molecule has 0 saturated heterocycles. The van der Waals surface area contributed by atoms with Gasteiger partial charge in [0.05, 0.1) is 54.6 Å². The van der Waals surface area contributed by atoms with Crippen LogP contribution in [-0.4, -0.2) is 58.6 Å². The highest BCUT2D eigenvalue weighted by Gasteiger charge is 2.40. The third-order valence-corrected chi connectivity index (χ3v) is 6.71. The van der Waals surface area contributed by atoms with Gasteiger partial charge in [-0.2, -0.15) is 0 Å². The van der Waals surface area contributed by atoms with Gasteiger partial charge in [-0.15, -0.1) is 0 Å². The van der Waals surface area contributed by atoms with Crippen molar-refractivity contribution in [2.75, 3.05) is 41.7 Å². The number of alkyl halides is 1. The van der Waals surface area contributed by atoms with Gasteiger partial charge in [-0.1, -0.05) is 18.2 Å². The van der Waals surface area contributed by atoms with Crippen molar-refractivity contribution in [3.05, 3.63) is 83.2 Å². The number of ether oxygens (including phenoxy) is 5. The van der Waals surface area contributed by atoms with Crippen LogP contribution in [0.5, 0.6) is 23.0 Å². The Balaban J connectivity index is 2.08. The average molecular weight is 587 g/mol. The summed E-state index contributed by atoms with van der Waals surface area (Å²) in [7, 11) is 6.02. The number of nitrogens with zero attached hydrogens (tertiary/aromatic N) is 1. The second kappa shape index (κ2) is 14.9. The van der Waals surface area contributed by atoms with E-state index >= 15 is 4.39 Å². The van der Waals surface area contributed by atoms with E-state index in [4.69, 9.17) is 23.7 Å². The van der Waals surface area contributed by atoms with Crippen molar-refractivity contribution in [1.82, 2.24) is 10.2 Å². The molecule has 3 aromatic carbocycles. The standard InChI is InChI=1S/C31H36F2N2O7/c1-6-42-29(36)17-31(20-32,25-9-7-8-10-26(25)33)34-30(37)35(18-21-11-13-23(38-2)15-27(21)40-4)19-22-12-14-24(39-3)16-28(22)41-5/h7-16H,6,17-20H2,1-5H3,(H,34,37)/t31-/m1/s1. The molecule has 0 radical (unpaired) electrons. The summed E-state index contributed by atoms with van der Waals surface area (Å²) in [5.41, 5.74) is -0.995. The lowest BCUT2D eigenvalue weighted by Gasteiger charge is -2.35. The maximum atomic E-state index is 15.1. The van der Waals surface area contributed by atoms with Crippen LogP contribution in [0.3, 0.4) is 0 Å². The van der Waals surface area contributed by atoms with Gasteiger partial charge in [-0.25, -0.2) is 13.6 Å². The molecule has 0 aromatic heterocycles. The van der Waals surface area contributed by atoms with Crippen molar-refractivity contribution in [2.45, 2.75) is 32.0 Å². The van der Waals surface area contributed by atoms with Crippen molar-refractivity contribution in [2.24, 2.45) is 0 Å². The normalized spacial score (nSPS) is 12.1. The first-order valence-corrected chi connectivity index (χ1v) is 13.2. The molecule has 0 aliphatic carbocycles. The van der Waals surface area contributed by atoms with E-state index in [0.29, 0.717) is 34.1 Å². The molecule has 11 heteroatoms. The number of hydrogen-bond donors (Lipinski definition) is 1. The summed E-state index contributed by atoms with van der Waals surface area (Å²) in [5, 5.41) is 2.63. The molecule has 0 heterocycles. The van der Waals surface area contributed by atoms with E-state index in [2.05, 4.69) is 5.32 Å². The summed E-state index contributed by atoms with van der Waals surface area (Å²) in [6, 6.07) is 14.9. The Bertz CT molecular complexity index is 1310. The number of carbonyl (C=O) groups excluding carboxylic acids is 2. The highest BCUT2D eigenvalue weighted by Crippen LogP contribution is 2.32. The Morgan fingerprint density at radius 2 is 1.38 bits per heavy atom. The van der Waals surface area contributed by atoms with E-state index in [1.807, 2.05) is 0 Å². The van der Waals surface area contributed by atoms with Crippen LogP contribution >= 0.6 is 0 Å². The summed E-state index contributed by atoms with van der Waals surface area (Å²) < 4.78 is 56.7. The Morgan fingerprint density at radius 3 is 1.83 bits per heavy atom. The molecule has 3 rings (SSSR count). The summed E-state index contributed by atoms with van der Waals surface area (Å²) >= 11 is 0. The molecular weight excluding hydrogens is 550 g/mol. The first-order chi connectivity index (χ1) is 20.2. The molecule has 0 bridgehead atoms. The lowest BCUT2D eigenvalue weighted by Crippen LogP contribution is -2.54. The molecular formula is C31H36F2N2O7. The summed E-state index contributed by atoms with van der Waals surface area (Å²) in [4.78, 5) is 28.0. The van der Waals surface area contributed by atoms with E-state index in [-0.39, 0.29) is 25.3 Å². The quantitative estimate of drug-likeness (QED) is 0.253. The van der Waals surface area contributed by atoms with Gasteiger partial charge in [-0.05, 0) is 37.3 Å². The Labute approximate surface area is 244 Å². The number of amides is 2. The van der Waals surface area contributed by atoms with Gasteiger partial charge < -0.3 is 33.9 Å². The van der Waals surface area contributed by atoms with Gasteiger partial charge in [0.1, 0.15) is 41.0 Å². The van der Waals surface area contributed by atoms with Gasteiger partial charge in [0.25, 0.3) is 0 Å². The van der Waals surface area contributed by atoms with E-state index in [9.17, 15) is 14.0 Å². The number of urea groups is 1. The van der Waals surface area contributed by atoms with E-state index in [1.54, 1.807) is 43.3 Å². The molecule has 0 aliphatic heterocycles. The first kappa shape index (κ1) is 32.0. The minimum atomic E-state index is -2.04. The molecule has 226 valence electrons. The van der Waals surface area contributed by atoms with Crippen LogP contribution < -0.4 is 24.3 Å². The van der Waals surface area contributed by atoms with E-state index in [0.717, 1.165) is 6.07 Å². The lowest BCUT2D eigenvalue weighted by atomic mass is 9.87. The number of hydrogen-bond acceptors (Lipinski definition) is 7. The van der Waals surface area contributed by atoms with Crippen LogP contribution in [0.25, 0.3) is 0 Å². The number of halogens is 2. The number of methoxy groups -OCH3 is 4. The van der Waals surface area contributed by atoms with Crippen molar-refractivity contribution >= 4 is 12.0 Å². The minimum Gasteiger partial charge on any atom is -0.497 e. The maximum Gasteiger partial charge on any atom is 0.318 e. The predicted molar refractivity (Wildman–Crippen MR) is 152 cm³/mol. The number of esters is 1. The van der Waals surface area contributed by atoms with Crippen LogP contribution in [0.15, 0.2) is 60.7 Å².